The first-order chi connectivity index (χ1) is 9.04. The molecule has 1 unspecified atom stereocenters. The Labute approximate surface area is 114 Å². The van der Waals surface area contributed by atoms with Crippen molar-refractivity contribution in [3.8, 4) is 0 Å². The Hall–Kier alpha value is -1.10. The van der Waals surface area contributed by atoms with E-state index in [1.165, 1.54) is 0 Å². The molecule has 0 aromatic rings. The van der Waals surface area contributed by atoms with Crippen molar-refractivity contribution in [3.05, 3.63) is 0 Å². The zero-order valence-corrected chi connectivity index (χ0v) is 11.9. The second-order valence-corrected chi connectivity index (χ2v) is 5.49. The number of carboxylic acids is 1. The number of rotatable bonds is 7. The van der Waals surface area contributed by atoms with E-state index in [9.17, 15) is 9.59 Å². The van der Waals surface area contributed by atoms with Crippen LogP contribution in [0, 0.1) is 11.8 Å². The summed E-state index contributed by atoms with van der Waals surface area (Å²) in [4.78, 5) is 23.2. The maximum Gasteiger partial charge on any atom is 0.326 e. The molecule has 0 aromatic heterocycles. The molecule has 2 N–H and O–H groups in total. The lowest BCUT2D eigenvalue weighted by molar-refractivity contribution is -0.143. The largest absolute Gasteiger partial charge is 0.480 e. The second kappa shape index (κ2) is 8.15. The Morgan fingerprint density at radius 3 is 2.47 bits per heavy atom. The van der Waals surface area contributed by atoms with E-state index in [0.29, 0.717) is 25.4 Å². The lowest BCUT2D eigenvalue weighted by Gasteiger charge is -2.26. The molecule has 1 fully saturated rings. The zero-order chi connectivity index (χ0) is 14.3. The minimum atomic E-state index is -0.964. The molecular weight excluding hydrogens is 246 g/mol. The van der Waals surface area contributed by atoms with Crippen LogP contribution in [-0.2, 0) is 14.3 Å². The fraction of sp³-hybridized carbons (Fsp3) is 0.857. The third-order valence-corrected chi connectivity index (χ3v) is 3.84. The Bertz CT molecular complexity index is 298. The molecule has 5 heteroatoms. The summed E-state index contributed by atoms with van der Waals surface area (Å²) in [7, 11) is 1.58. The van der Waals surface area contributed by atoms with Crippen LogP contribution in [0.15, 0.2) is 0 Å². The third kappa shape index (κ3) is 5.59. The van der Waals surface area contributed by atoms with E-state index in [-0.39, 0.29) is 11.8 Å². The molecule has 0 aliphatic heterocycles. The molecule has 0 heterocycles. The highest BCUT2D eigenvalue weighted by atomic mass is 16.5. The van der Waals surface area contributed by atoms with Crippen LogP contribution in [0.3, 0.4) is 0 Å². The SMILES string of the molecule is COCCCC(NC(=O)C1CCC(C)CC1)C(=O)O. The predicted octanol–water partition coefficient (Wildman–Crippen LogP) is 1.81. The van der Waals surface area contributed by atoms with Crippen LogP contribution in [0.5, 0.6) is 0 Å². The summed E-state index contributed by atoms with van der Waals surface area (Å²) < 4.78 is 4.90. The number of carbonyl (C=O) groups excluding carboxylic acids is 1. The molecule has 0 aromatic carbocycles. The Kier molecular flexibility index (Phi) is 6.84. The number of amides is 1. The van der Waals surface area contributed by atoms with Crippen LogP contribution in [-0.4, -0.2) is 36.7 Å². The molecule has 19 heavy (non-hydrogen) atoms. The van der Waals surface area contributed by atoms with E-state index in [0.717, 1.165) is 25.7 Å². The summed E-state index contributed by atoms with van der Waals surface area (Å²) in [5.41, 5.74) is 0. The van der Waals surface area contributed by atoms with Crippen LogP contribution in [0.1, 0.15) is 45.4 Å². The number of carboxylic acid groups (broad SMARTS) is 1. The molecule has 0 spiro atoms. The van der Waals surface area contributed by atoms with Gasteiger partial charge in [-0.1, -0.05) is 6.92 Å². The van der Waals surface area contributed by atoms with Gasteiger partial charge in [-0.15, -0.1) is 0 Å². The standard InChI is InChI=1S/C14H25NO4/c1-10-5-7-11(8-6-10)13(16)15-12(14(17)18)4-3-9-19-2/h10-12H,3-9H2,1-2H3,(H,15,16)(H,17,18). The van der Waals surface area contributed by atoms with Crippen molar-refractivity contribution in [2.75, 3.05) is 13.7 Å². The molecule has 1 rings (SSSR count). The topological polar surface area (TPSA) is 75.6 Å². The van der Waals surface area contributed by atoms with Crippen molar-refractivity contribution >= 4 is 11.9 Å². The highest BCUT2D eigenvalue weighted by Gasteiger charge is 2.27. The summed E-state index contributed by atoms with van der Waals surface area (Å²) in [6.07, 6.45) is 4.90. The number of hydrogen-bond acceptors (Lipinski definition) is 3. The van der Waals surface area contributed by atoms with Crippen molar-refractivity contribution in [3.63, 3.8) is 0 Å². The molecular formula is C14H25NO4. The van der Waals surface area contributed by atoms with E-state index in [1.54, 1.807) is 7.11 Å². The summed E-state index contributed by atoms with van der Waals surface area (Å²) in [5.74, 6) is -0.396. The van der Waals surface area contributed by atoms with Gasteiger partial charge in [0.2, 0.25) is 5.91 Å². The van der Waals surface area contributed by atoms with Gasteiger partial charge in [-0.2, -0.15) is 0 Å². The van der Waals surface area contributed by atoms with Crippen molar-refractivity contribution < 1.29 is 19.4 Å². The Balaban J connectivity index is 2.40. The normalized spacial score (nSPS) is 24.7. The first-order valence-corrected chi connectivity index (χ1v) is 7.06. The third-order valence-electron chi connectivity index (χ3n) is 3.84. The number of ether oxygens (including phenoxy) is 1. The van der Waals surface area contributed by atoms with Gasteiger partial charge in [0.15, 0.2) is 0 Å². The highest BCUT2D eigenvalue weighted by molar-refractivity contribution is 5.84. The van der Waals surface area contributed by atoms with Gasteiger partial charge in [0.05, 0.1) is 0 Å². The van der Waals surface area contributed by atoms with Gasteiger partial charge in [-0.25, -0.2) is 4.79 Å². The summed E-state index contributed by atoms with van der Waals surface area (Å²) >= 11 is 0. The lowest BCUT2D eigenvalue weighted by Crippen LogP contribution is -2.44. The zero-order valence-electron chi connectivity index (χ0n) is 11.9. The number of aliphatic carboxylic acids is 1. The molecule has 1 saturated carbocycles. The van der Waals surface area contributed by atoms with Crippen molar-refractivity contribution in [1.29, 1.82) is 0 Å². The molecule has 0 saturated heterocycles. The van der Waals surface area contributed by atoms with E-state index in [2.05, 4.69) is 12.2 Å². The van der Waals surface area contributed by atoms with Crippen molar-refractivity contribution in [2.45, 2.75) is 51.5 Å². The molecule has 1 aliphatic carbocycles. The molecule has 0 bridgehead atoms. The molecule has 1 aliphatic rings. The molecule has 1 atom stereocenters. The molecule has 5 nitrogen and oxygen atoms in total. The minimum Gasteiger partial charge on any atom is -0.480 e. The van der Waals surface area contributed by atoms with Gasteiger partial charge in [0, 0.05) is 19.6 Å². The number of nitrogens with one attached hydrogen (secondary N) is 1. The quantitative estimate of drug-likeness (QED) is 0.692. The fourth-order valence-electron chi connectivity index (χ4n) is 2.50. The summed E-state index contributed by atoms with van der Waals surface area (Å²) in [5, 5.41) is 11.8. The van der Waals surface area contributed by atoms with Crippen LogP contribution in [0.4, 0.5) is 0 Å². The first-order valence-electron chi connectivity index (χ1n) is 7.06. The summed E-state index contributed by atoms with van der Waals surface area (Å²) in [6.45, 7) is 2.71. The lowest BCUT2D eigenvalue weighted by atomic mass is 9.82. The highest BCUT2D eigenvalue weighted by Crippen LogP contribution is 2.28. The van der Waals surface area contributed by atoms with Crippen LogP contribution < -0.4 is 5.32 Å². The van der Waals surface area contributed by atoms with Crippen LogP contribution in [0.25, 0.3) is 0 Å². The van der Waals surface area contributed by atoms with Gasteiger partial charge in [0.1, 0.15) is 6.04 Å². The van der Waals surface area contributed by atoms with Crippen molar-refractivity contribution in [2.24, 2.45) is 11.8 Å². The van der Waals surface area contributed by atoms with E-state index >= 15 is 0 Å². The second-order valence-electron chi connectivity index (χ2n) is 5.49. The average Bonchev–Trinajstić information content (AvgIpc) is 2.38. The molecule has 1 amide bonds. The van der Waals surface area contributed by atoms with Crippen molar-refractivity contribution in [1.82, 2.24) is 5.32 Å². The number of carbonyl (C=O) groups is 2. The molecule has 0 radical (unpaired) electrons. The maximum absolute atomic E-state index is 12.0. The first kappa shape index (κ1) is 16.0. The van der Waals surface area contributed by atoms with Gasteiger partial charge < -0.3 is 15.2 Å². The minimum absolute atomic E-state index is 0.0134. The van der Waals surface area contributed by atoms with Gasteiger partial charge in [-0.05, 0) is 44.4 Å². The van der Waals surface area contributed by atoms with E-state index in [1.807, 2.05) is 0 Å². The number of hydrogen-bond donors (Lipinski definition) is 2. The van der Waals surface area contributed by atoms with Crippen LogP contribution in [0.2, 0.25) is 0 Å². The monoisotopic (exact) mass is 271 g/mol. The Morgan fingerprint density at radius 1 is 1.32 bits per heavy atom. The fourth-order valence-corrected chi connectivity index (χ4v) is 2.50. The number of methoxy groups -OCH3 is 1. The van der Waals surface area contributed by atoms with Crippen LogP contribution >= 0.6 is 0 Å². The predicted molar refractivity (Wildman–Crippen MR) is 71.8 cm³/mol. The maximum atomic E-state index is 12.0. The smallest absolute Gasteiger partial charge is 0.326 e. The Morgan fingerprint density at radius 2 is 1.95 bits per heavy atom. The van der Waals surface area contributed by atoms with Gasteiger partial charge in [0.25, 0.3) is 0 Å². The van der Waals surface area contributed by atoms with E-state index in [4.69, 9.17) is 9.84 Å². The summed E-state index contributed by atoms with van der Waals surface area (Å²) in [6, 6.07) is -0.790. The van der Waals surface area contributed by atoms with Gasteiger partial charge >= 0.3 is 5.97 Å². The average molecular weight is 271 g/mol. The van der Waals surface area contributed by atoms with Gasteiger partial charge in [-0.3, -0.25) is 4.79 Å². The molecule has 110 valence electrons. The van der Waals surface area contributed by atoms with E-state index < -0.39 is 12.0 Å².